The molecule has 4 amide bonds. The third kappa shape index (κ3) is 14.0. The second kappa shape index (κ2) is 17.5. The normalized spacial score (nSPS) is 14.6. The van der Waals surface area contributed by atoms with Crippen molar-refractivity contribution < 1.29 is 39.0 Å². The highest BCUT2D eigenvalue weighted by Gasteiger charge is 2.32. The fourth-order valence-corrected chi connectivity index (χ4v) is 3.22. The van der Waals surface area contributed by atoms with Crippen LogP contribution in [0.3, 0.4) is 0 Å². The van der Waals surface area contributed by atoms with Crippen molar-refractivity contribution in [2.75, 3.05) is 6.54 Å². The summed E-state index contributed by atoms with van der Waals surface area (Å²) in [6.07, 6.45) is -0.364. The van der Waals surface area contributed by atoms with E-state index in [1.54, 1.807) is 13.8 Å². The standard InChI is InChI=1S/C22H40N8O8/c1-3-11(2)17(30-18(34)12(23)6-9-16(32)33)20(36)28-13(7-8-15(24)31)19(35)29-14(21(37)38)5-4-10-27-22(25)26/h11-14,17H,3-10,23H2,1-2H3,(H2,24,31)(H,28,36)(H,29,35)(H,30,34)(H,32,33)(H,37,38)(H4,25,26,27). The Labute approximate surface area is 220 Å². The van der Waals surface area contributed by atoms with Crippen LogP contribution in [0.1, 0.15) is 58.8 Å². The summed E-state index contributed by atoms with van der Waals surface area (Å²) in [5, 5.41) is 25.5. The third-order valence-corrected chi connectivity index (χ3v) is 5.67. The average Bonchev–Trinajstić information content (AvgIpc) is 2.83. The number of primary amides is 1. The number of nitrogens with zero attached hydrogens (tertiary/aromatic N) is 1. The van der Waals surface area contributed by atoms with Gasteiger partial charge in [-0.25, -0.2) is 4.79 Å². The minimum atomic E-state index is -1.35. The molecule has 0 aliphatic rings. The third-order valence-electron chi connectivity index (χ3n) is 5.67. The number of rotatable bonds is 19. The van der Waals surface area contributed by atoms with Gasteiger partial charge in [0.05, 0.1) is 6.04 Å². The van der Waals surface area contributed by atoms with Crippen molar-refractivity contribution in [2.24, 2.45) is 33.8 Å². The van der Waals surface area contributed by atoms with Crippen LogP contribution in [0.2, 0.25) is 0 Å². The van der Waals surface area contributed by atoms with E-state index < -0.39 is 65.7 Å². The van der Waals surface area contributed by atoms with E-state index in [1.165, 1.54) is 0 Å². The maximum absolute atomic E-state index is 13.1. The molecule has 0 rings (SSSR count). The number of aliphatic imine (C=N–C) groups is 1. The van der Waals surface area contributed by atoms with Crippen molar-refractivity contribution in [3.8, 4) is 0 Å². The maximum Gasteiger partial charge on any atom is 0.326 e. The Morgan fingerprint density at radius 1 is 0.816 bits per heavy atom. The smallest absolute Gasteiger partial charge is 0.326 e. The summed E-state index contributed by atoms with van der Waals surface area (Å²) in [5.41, 5.74) is 21.4. The molecule has 38 heavy (non-hydrogen) atoms. The lowest BCUT2D eigenvalue weighted by atomic mass is 9.96. The van der Waals surface area contributed by atoms with E-state index in [4.69, 9.17) is 28.0 Å². The summed E-state index contributed by atoms with van der Waals surface area (Å²) in [4.78, 5) is 76.0. The van der Waals surface area contributed by atoms with Crippen LogP contribution in [-0.2, 0) is 28.8 Å². The van der Waals surface area contributed by atoms with E-state index in [1.807, 2.05) is 0 Å². The maximum atomic E-state index is 13.1. The lowest BCUT2D eigenvalue weighted by molar-refractivity contribution is -0.142. The molecular formula is C22H40N8O8. The first kappa shape index (κ1) is 34.0. The van der Waals surface area contributed by atoms with Gasteiger partial charge in [-0.3, -0.25) is 29.0 Å². The van der Waals surface area contributed by atoms with E-state index in [0.717, 1.165) is 0 Å². The van der Waals surface area contributed by atoms with E-state index >= 15 is 0 Å². The molecule has 0 radical (unpaired) electrons. The second-order valence-electron chi connectivity index (χ2n) is 8.83. The first-order chi connectivity index (χ1) is 17.7. The van der Waals surface area contributed by atoms with Gasteiger partial charge in [-0.2, -0.15) is 0 Å². The van der Waals surface area contributed by atoms with Crippen molar-refractivity contribution in [1.82, 2.24) is 16.0 Å². The van der Waals surface area contributed by atoms with Gasteiger partial charge in [-0.05, 0) is 31.6 Å². The molecule has 0 aromatic heterocycles. The van der Waals surface area contributed by atoms with Crippen molar-refractivity contribution in [2.45, 2.75) is 83.0 Å². The first-order valence-electron chi connectivity index (χ1n) is 12.1. The molecule has 0 spiro atoms. The fourth-order valence-electron chi connectivity index (χ4n) is 3.22. The van der Waals surface area contributed by atoms with Gasteiger partial charge in [0.25, 0.3) is 0 Å². The summed E-state index contributed by atoms with van der Waals surface area (Å²) in [5.74, 6) is -6.21. The highest BCUT2D eigenvalue weighted by Crippen LogP contribution is 2.11. The van der Waals surface area contributed by atoms with Crippen molar-refractivity contribution in [3.63, 3.8) is 0 Å². The summed E-state index contributed by atoms with van der Waals surface area (Å²) < 4.78 is 0. The van der Waals surface area contributed by atoms with Gasteiger partial charge in [0.1, 0.15) is 18.1 Å². The molecule has 16 heteroatoms. The Kier molecular flexibility index (Phi) is 15.7. The molecule has 5 atom stereocenters. The molecule has 0 bridgehead atoms. The van der Waals surface area contributed by atoms with Crippen LogP contribution in [0, 0.1) is 5.92 Å². The Balaban J connectivity index is 5.58. The molecule has 0 aromatic rings. The molecular weight excluding hydrogens is 504 g/mol. The number of carbonyl (C=O) groups is 6. The van der Waals surface area contributed by atoms with Crippen molar-refractivity contribution in [1.29, 1.82) is 0 Å². The quantitative estimate of drug-likeness (QED) is 0.0450. The van der Waals surface area contributed by atoms with Gasteiger partial charge in [0.15, 0.2) is 5.96 Å². The SMILES string of the molecule is CCC(C)C(NC(=O)C(N)CCC(=O)O)C(=O)NC(CCC(N)=O)C(=O)NC(CCCN=C(N)N)C(=O)O. The van der Waals surface area contributed by atoms with Crippen LogP contribution in [0.15, 0.2) is 4.99 Å². The molecule has 0 heterocycles. The van der Waals surface area contributed by atoms with E-state index in [2.05, 4.69) is 20.9 Å². The highest BCUT2D eigenvalue weighted by molar-refractivity contribution is 5.94. The Bertz CT molecular complexity index is 877. The number of nitrogens with one attached hydrogen (secondary N) is 3. The Hall–Kier alpha value is -3.95. The summed E-state index contributed by atoms with van der Waals surface area (Å²) >= 11 is 0. The summed E-state index contributed by atoms with van der Waals surface area (Å²) in [6, 6.07) is -5.02. The van der Waals surface area contributed by atoms with Crippen LogP contribution in [0.4, 0.5) is 0 Å². The number of amides is 4. The molecule has 0 aromatic carbocycles. The second-order valence-corrected chi connectivity index (χ2v) is 8.83. The Morgan fingerprint density at radius 3 is 1.92 bits per heavy atom. The van der Waals surface area contributed by atoms with Gasteiger partial charge in [0.2, 0.25) is 23.6 Å². The fraction of sp³-hybridized carbons (Fsp3) is 0.682. The van der Waals surface area contributed by atoms with E-state index in [0.29, 0.717) is 6.42 Å². The number of hydrogen-bond donors (Lipinski definition) is 9. The minimum absolute atomic E-state index is 0.0197. The molecule has 0 aliphatic carbocycles. The van der Waals surface area contributed by atoms with E-state index in [9.17, 15) is 33.9 Å². The molecule has 0 saturated heterocycles. The zero-order chi connectivity index (χ0) is 29.4. The zero-order valence-corrected chi connectivity index (χ0v) is 21.6. The van der Waals surface area contributed by atoms with Crippen LogP contribution >= 0.6 is 0 Å². The van der Waals surface area contributed by atoms with Gasteiger partial charge in [0, 0.05) is 19.4 Å². The monoisotopic (exact) mass is 544 g/mol. The minimum Gasteiger partial charge on any atom is -0.481 e. The zero-order valence-electron chi connectivity index (χ0n) is 21.6. The number of carboxylic acids is 2. The predicted octanol–water partition coefficient (Wildman–Crippen LogP) is -2.92. The number of aliphatic carboxylic acids is 2. The number of carbonyl (C=O) groups excluding carboxylic acids is 4. The summed E-state index contributed by atoms with van der Waals surface area (Å²) in [7, 11) is 0. The lowest BCUT2D eigenvalue weighted by Crippen LogP contribution is -2.58. The number of hydrogen-bond acceptors (Lipinski definition) is 8. The molecule has 216 valence electrons. The van der Waals surface area contributed by atoms with Crippen molar-refractivity contribution in [3.05, 3.63) is 0 Å². The van der Waals surface area contributed by atoms with E-state index in [-0.39, 0.29) is 51.0 Å². The lowest BCUT2D eigenvalue weighted by Gasteiger charge is -2.28. The molecule has 16 nitrogen and oxygen atoms in total. The topological polar surface area (TPSA) is 295 Å². The number of guanidine groups is 1. The predicted molar refractivity (Wildman–Crippen MR) is 136 cm³/mol. The van der Waals surface area contributed by atoms with Crippen molar-refractivity contribution >= 4 is 41.5 Å². The molecule has 0 saturated carbocycles. The molecule has 0 fully saturated rings. The van der Waals surface area contributed by atoms with Crippen LogP contribution in [0.5, 0.6) is 0 Å². The average molecular weight is 545 g/mol. The Morgan fingerprint density at radius 2 is 1.42 bits per heavy atom. The highest BCUT2D eigenvalue weighted by atomic mass is 16.4. The molecule has 13 N–H and O–H groups in total. The number of nitrogens with two attached hydrogens (primary N) is 4. The van der Waals surface area contributed by atoms with Gasteiger partial charge in [-0.15, -0.1) is 0 Å². The van der Waals surface area contributed by atoms with Gasteiger partial charge in [-0.1, -0.05) is 20.3 Å². The summed E-state index contributed by atoms with van der Waals surface area (Å²) in [6.45, 7) is 3.57. The van der Waals surface area contributed by atoms with Crippen LogP contribution in [0.25, 0.3) is 0 Å². The van der Waals surface area contributed by atoms with Crippen LogP contribution in [-0.4, -0.2) is 82.5 Å². The van der Waals surface area contributed by atoms with Crippen LogP contribution < -0.4 is 38.9 Å². The van der Waals surface area contributed by atoms with Gasteiger partial charge >= 0.3 is 11.9 Å². The molecule has 5 unspecified atom stereocenters. The molecule has 0 aliphatic heterocycles. The van der Waals surface area contributed by atoms with Gasteiger partial charge < -0.3 is 49.1 Å². The number of carboxylic acid groups (broad SMARTS) is 2. The largest absolute Gasteiger partial charge is 0.481 e. The first-order valence-corrected chi connectivity index (χ1v) is 12.1.